The Morgan fingerprint density at radius 2 is 1.72 bits per heavy atom. The fourth-order valence-electron chi connectivity index (χ4n) is 4.77. The number of amides is 2. The van der Waals surface area contributed by atoms with Crippen molar-refractivity contribution in [2.24, 2.45) is 5.92 Å². The van der Waals surface area contributed by atoms with Crippen molar-refractivity contribution in [3.8, 4) is 23.3 Å². The number of carbonyl (C=O) groups is 2. The van der Waals surface area contributed by atoms with Crippen LogP contribution in [0.15, 0.2) is 48.5 Å². The molecule has 36 heavy (non-hydrogen) atoms. The molecule has 2 aliphatic heterocycles. The summed E-state index contributed by atoms with van der Waals surface area (Å²) in [5.74, 6) is -0.278. The van der Waals surface area contributed by atoms with Crippen LogP contribution in [0.5, 0.6) is 0 Å². The molecule has 2 amide bonds. The van der Waals surface area contributed by atoms with E-state index < -0.39 is 23.8 Å². The van der Waals surface area contributed by atoms with Gasteiger partial charge in [0, 0.05) is 12.3 Å². The fraction of sp³-hybridized carbons (Fsp3) is 0.429. The molecule has 0 aromatic heterocycles. The van der Waals surface area contributed by atoms with Gasteiger partial charge in [0.25, 0.3) is 0 Å². The number of nitriles is 2. The molecular weight excluding hydrogens is 456 g/mol. The normalized spacial score (nSPS) is 21.7. The number of hydrogen-bond donors (Lipinski definition) is 1. The van der Waals surface area contributed by atoms with Gasteiger partial charge in [0.05, 0.1) is 37.0 Å². The molecule has 0 bridgehead atoms. The summed E-state index contributed by atoms with van der Waals surface area (Å²) in [5.41, 5.74) is 2.80. The Morgan fingerprint density at radius 1 is 1.08 bits per heavy atom. The lowest BCUT2D eigenvalue weighted by molar-refractivity contribution is -0.126. The molecule has 4 atom stereocenters. The third-order valence-electron chi connectivity index (χ3n) is 6.50. The number of likely N-dealkylation sites (tertiary alicyclic amines) is 1. The Balaban J connectivity index is 1.42. The van der Waals surface area contributed by atoms with Crippen LogP contribution in [0.1, 0.15) is 38.3 Å². The lowest BCUT2D eigenvalue weighted by atomic mass is 10.00. The summed E-state index contributed by atoms with van der Waals surface area (Å²) in [5, 5.41) is 21.5. The van der Waals surface area contributed by atoms with Crippen molar-refractivity contribution in [2.45, 2.75) is 57.3 Å². The lowest BCUT2D eigenvalue weighted by Crippen LogP contribution is -2.52. The Kier molecular flexibility index (Phi) is 7.28. The van der Waals surface area contributed by atoms with Crippen molar-refractivity contribution in [2.75, 3.05) is 13.2 Å². The zero-order valence-electron chi connectivity index (χ0n) is 20.7. The van der Waals surface area contributed by atoms with Gasteiger partial charge in [0.15, 0.2) is 0 Å². The second kappa shape index (κ2) is 10.4. The number of benzene rings is 2. The first-order valence-corrected chi connectivity index (χ1v) is 12.1. The number of ether oxygens (including phenoxy) is 2. The van der Waals surface area contributed by atoms with E-state index in [2.05, 4.69) is 17.5 Å². The van der Waals surface area contributed by atoms with Crippen LogP contribution in [-0.2, 0) is 20.7 Å². The number of carbonyl (C=O) groups excluding carboxylic acids is 2. The van der Waals surface area contributed by atoms with Gasteiger partial charge < -0.3 is 14.8 Å². The van der Waals surface area contributed by atoms with E-state index in [1.54, 1.807) is 32.9 Å². The average Bonchev–Trinajstić information content (AvgIpc) is 3.44. The predicted octanol–water partition coefficient (Wildman–Crippen LogP) is 3.80. The van der Waals surface area contributed by atoms with E-state index >= 15 is 0 Å². The Labute approximate surface area is 211 Å². The molecule has 2 aromatic rings. The van der Waals surface area contributed by atoms with Gasteiger partial charge in [-0.25, -0.2) is 4.79 Å². The van der Waals surface area contributed by atoms with E-state index in [0.29, 0.717) is 31.6 Å². The van der Waals surface area contributed by atoms with Crippen molar-refractivity contribution >= 4 is 12.0 Å². The van der Waals surface area contributed by atoms with Gasteiger partial charge in [-0.1, -0.05) is 36.4 Å². The Bertz CT molecular complexity index is 1190. The zero-order valence-corrected chi connectivity index (χ0v) is 20.7. The second-order valence-electron chi connectivity index (χ2n) is 10.3. The summed E-state index contributed by atoms with van der Waals surface area (Å²) >= 11 is 0. The molecule has 2 heterocycles. The molecular formula is C28H30N4O4. The van der Waals surface area contributed by atoms with Gasteiger partial charge in [0.2, 0.25) is 5.91 Å². The Morgan fingerprint density at radius 3 is 2.31 bits per heavy atom. The minimum Gasteiger partial charge on any atom is -0.444 e. The molecule has 2 aliphatic rings. The summed E-state index contributed by atoms with van der Waals surface area (Å²) in [6.07, 6.45) is 0.283. The topological polar surface area (TPSA) is 115 Å². The van der Waals surface area contributed by atoms with Crippen LogP contribution in [0.2, 0.25) is 0 Å². The first kappa shape index (κ1) is 25.2. The van der Waals surface area contributed by atoms with E-state index in [1.807, 2.05) is 36.4 Å². The van der Waals surface area contributed by atoms with Crippen molar-refractivity contribution in [1.82, 2.24) is 10.2 Å². The smallest absolute Gasteiger partial charge is 0.411 e. The largest absolute Gasteiger partial charge is 0.444 e. The molecule has 8 heteroatoms. The molecule has 0 saturated carbocycles. The van der Waals surface area contributed by atoms with E-state index in [1.165, 1.54) is 4.90 Å². The minimum atomic E-state index is -0.740. The molecule has 1 N–H and O–H groups in total. The first-order valence-electron chi connectivity index (χ1n) is 12.1. The van der Waals surface area contributed by atoms with E-state index in [4.69, 9.17) is 14.7 Å². The highest BCUT2D eigenvalue weighted by Crippen LogP contribution is 2.36. The number of rotatable bonds is 5. The third kappa shape index (κ3) is 5.67. The lowest BCUT2D eigenvalue weighted by Gasteiger charge is -2.31. The second-order valence-corrected chi connectivity index (χ2v) is 10.3. The average molecular weight is 487 g/mol. The number of hydrogen-bond acceptors (Lipinski definition) is 6. The number of nitrogens with one attached hydrogen (secondary N) is 1. The van der Waals surface area contributed by atoms with Gasteiger partial charge in [-0.05, 0) is 56.0 Å². The zero-order chi connectivity index (χ0) is 25.9. The summed E-state index contributed by atoms with van der Waals surface area (Å²) in [6.45, 7) is 6.24. The highest BCUT2D eigenvalue weighted by atomic mass is 16.6. The van der Waals surface area contributed by atoms with Crippen molar-refractivity contribution in [3.05, 3.63) is 59.7 Å². The maximum Gasteiger partial charge on any atom is 0.411 e. The first-order chi connectivity index (χ1) is 17.2. The summed E-state index contributed by atoms with van der Waals surface area (Å²) in [4.78, 5) is 27.7. The molecule has 0 aliphatic carbocycles. The quantitative estimate of drug-likeness (QED) is 0.687. The molecule has 2 aromatic carbocycles. The van der Waals surface area contributed by atoms with Crippen molar-refractivity contribution in [1.29, 1.82) is 10.5 Å². The van der Waals surface area contributed by atoms with Crippen LogP contribution in [-0.4, -0.2) is 53.8 Å². The van der Waals surface area contributed by atoms with Crippen LogP contribution in [0.25, 0.3) is 11.1 Å². The monoisotopic (exact) mass is 486 g/mol. The number of fused-ring (bicyclic) bond motifs is 1. The predicted molar refractivity (Wildman–Crippen MR) is 132 cm³/mol. The minimum absolute atomic E-state index is 0.0728. The van der Waals surface area contributed by atoms with Crippen LogP contribution < -0.4 is 5.32 Å². The standard InChI is InChI=1S/C28H30N4O4/c1-28(2,3)36-27(34)32-24(13-22-16-35-17-25(22)32)26(33)31-23(15-30)12-18-4-8-20(9-5-18)21-10-6-19(14-29)7-11-21/h4-11,22-25H,12-13,16-17H2,1-3H3,(H,31,33)/t22-,23+,24+,25+/m1/s1. The van der Waals surface area contributed by atoms with Gasteiger partial charge >= 0.3 is 6.09 Å². The molecule has 8 nitrogen and oxygen atoms in total. The summed E-state index contributed by atoms with van der Waals surface area (Å²) in [7, 11) is 0. The third-order valence-corrected chi connectivity index (χ3v) is 6.50. The van der Waals surface area contributed by atoms with Gasteiger partial charge in [-0.2, -0.15) is 10.5 Å². The Hall–Kier alpha value is -3.88. The highest BCUT2D eigenvalue weighted by molar-refractivity contribution is 5.87. The molecule has 0 radical (unpaired) electrons. The van der Waals surface area contributed by atoms with E-state index in [-0.39, 0.29) is 17.9 Å². The van der Waals surface area contributed by atoms with E-state index in [9.17, 15) is 14.9 Å². The van der Waals surface area contributed by atoms with Crippen LogP contribution in [0, 0.1) is 28.6 Å². The van der Waals surface area contributed by atoms with Gasteiger partial charge in [-0.3, -0.25) is 9.69 Å². The summed E-state index contributed by atoms with van der Waals surface area (Å²) < 4.78 is 11.1. The number of nitrogens with zero attached hydrogens (tertiary/aromatic N) is 3. The van der Waals surface area contributed by atoms with E-state index in [0.717, 1.165) is 16.7 Å². The maximum absolute atomic E-state index is 13.2. The maximum atomic E-state index is 13.2. The fourth-order valence-corrected chi connectivity index (χ4v) is 4.77. The molecule has 2 saturated heterocycles. The summed E-state index contributed by atoms with van der Waals surface area (Å²) in [6, 6.07) is 17.7. The SMILES string of the molecule is CC(C)(C)OC(=O)N1[C@H](C(=O)N[C@H](C#N)Cc2ccc(-c3ccc(C#N)cc3)cc2)C[C@@H]2COC[C@@H]21. The van der Waals surface area contributed by atoms with Crippen LogP contribution in [0.4, 0.5) is 4.79 Å². The highest BCUT2D eigenvalue weighted by Gasteiger charge is 2.51. The van der Waals surface area contributed by atoms with Gasteiger partial charge in [-0.15, -0.1) is 0 Å². The molecule has 0 spiro atoms. The molecule has 0 unspecified atom stereocenters. The van der Waals surface area contributed by atoms with Crippen LogP contribution in [0.3, 0.4) is 0 Å². The molecule has 2 fully saturated rings. The van der Waals surface area contributed by atoms with Gasteiger partial charge in [0.1, 0.15) is 17.7 Å². The van der Waals surface area contributed by atoms with Crippen molar-refractivity contribution in [3.63, 3.8) is 0 Å². The van der Waals surface area contributed by atoms with Crippen molar-refractivity contribution < 1.29 is 19.1 Å². The molecule has 4 rings (SSSR count). The molecule has 186 valence electrons. The van der Waals surface area contributed by atoms with Crippen LogP contribution >= 0.6 is 0 Å².